The van der Waals surface area contributed by atoms with E-state index in [1.54, 1.807) is 4.90 Å². The van der Waals surface area contributed by atoms with E-state index < -0.39 is 5.97 Å². The third-order valence-electron chi connectivity index (χ3n) is 4.23. The lowest BCUT2D eigenvalue weighted by Gasteiger charge is -2.22. The largest absolute Gasteiger partial charge is 0.452 e. The molecular formula is C21H19ClN2O3. The van der Waals surface area contributed by atoms with Crippen LogP contribution in [0.1, 0.15) is 17.3 Å². The molecule has 2 N–H and O–H groups in total. The van der Waals surface area contributed by atoms with E-state index >= 15 is 0 Å². The second-order valence-electron chi connectivity index (χ2n) is 5.95. The molecule has 0 atom stereocenters. The average molecular weight is 383 g/mol. The van der Waals surface area contributed by atoms with Gasteiger partial charge < -0.3 is 15.4 Å². The SMILES string of the molecule is CCN(C(=O)COC(=O)c1ccc(Cl)c(N)c1)c1cccc2ccccc12. The predicted molar refractivity (Wildman–Crippen MR) is 108 cm³/mol. The van der Waals surface area contributed by atoms with Crippen molar-refractivity contribution in [3.8, 4) is 0 Å². The van der Waals surface area contributed by atoms with Crippen molar-refractivity contribution in [3.63, 3.8) is 0 Å². The van der Waals surface area contributed by atoms with Crippen LogP contribution in [0.25, 0.3) is 10.8 Å². The third kappa shape index (κ3) is 4.04. The van der Waals surface area contributed by atoms with Crippen molar-refractivity contribution in [3.05, 3.63) is 71.2 Å². The highest BCUT2D eigenvalue weighted by Crippen LogP contribution is 2.27. The second kappa shape index (κ2) is 8.10. The smallest absolute Gasteiger partial charge is 0.338 e. The third-order valence-corrected chi connectivity index (χ3v) is 4.58. The van der Waals surface area contributed by atoms with Gasteiger partial charge in [-0.3, -0.25) is 4.79 Å². The molecule has 3 aromatic carbocycles. The van der Waals surface area contributed by atoms with Gasteiger partial charge in [0.15, 0.2) is 6.61 Å². The second-order valence-corrected chi connectivity index (χ2v) is 6.36. The summed E-state index contributed by atoms with van der Waals surface area (Å²) in [4.78, 5) is 26.5. The summed E-state index contributed by atoms with van der Waals surface area (Å²) in [6, 6.07) is 18.0. The number of esters is 1. The number of hydrogen-bond acceptors (Lipinski definition) is 4. The van der Waals surface area contributed by atoms with Crippen LogP contribution in [-0.2, 0) is 9.53 Å². The normalized spacial score (nSPS) is 10.6. The van der Waals surface area contributed by atoms with Crippen LogP contribution in [0.15, 0.2) is 60.7 Å². The Bertz CT molecular complexity index is 998. The van der Waals surface area contributed by atoms with Crippen LogP contribution in [0.4, 0.5) is 11.4 Å². The highest BCUT2D eigenvalue weighted by Gasteiger charge is 2.19. The van der Waals surface area contributed by atoms with Gasteiger partial charge in [-0.1, -0.05) is 48.0 Å². The van der Waals surface area contributed by atoms with Gasteiger partial charge in [-0.05, 0) is 36.6 Å². The maximum Gasteiger partial charge on any atom is 0.338 e. The molecule has 0 heterocycles. The van der Waals surface area contributed by atoms with Crippen LogP contribution in [0, 0.1) is 0 Å². The number of nitrogens with two attached hydrogens (primary N) is 1. The molecule has 6 heteroatoms. The van der Waals surface area contributed by atoms with Crippen LogP contribution >= 0.6 is 11.6 Å². The van der Waals surface area contributed by atoms with E-state index in [4.69, 9.17) is 22.1 Å². The summed E-state index contributed by atoms with van der Waals surface area (Å²) in [5.74, 6) is -0.926. The van der Waals surface area contributed by atoms with E-state index in [-0.39, 0.29) is 23.8 Å². The zero-order chi connectivity index (χ0) is 19.4. The highest BCUT2D eigenvalue weighted by molar-refractivity contribution is 6.33. The maximum absolute atomic E-state index is 12.7. The maximum atomic E-state index is 12.7. The van der Waals surface area contributed by atoms with Gasteiger partial charge in [-0.15, -0.1) is 0 Å². The summed E-state index contributed by atoms with van der Waals surface area (Å²) in [7, 11) is 0. The lowest BCUT2D eigenvalue weighted by Crippen LogP contribution is -2.34. The molecule has 27 heavy (non-hydrogen) atoms. The number of rotatable bonds is 5. The zero-order valence-electron chi connectivity index (χ0n) is 14.8. The molecular weight excluding hydrogens is 364 g/mol. The summed E-state index contributed by atoms with van der Waals surface area (Å²) >= 11 is 5.85. The molecule has 138 valence electrons. The van der Waals surface area contributed by atoms with Crippen molar-refractivity contribution in [2.24, 2.45) is 0 Å². The summed E-state index contributed by atoms with van der Waals surface area (Å²) < 4.78 is 5.17. The fourth-order valence-electron chi connectivity index (χ4n) is 2.88. The number of ether oxygens (including phenoxy) is 1. The Hall–Kier alpha value is -3.05. The molecule has 0 aliphatic heterocycles. The number of nitrogen functional groups attached to an aromatic ring is 1. The number of benzene rings is 3. The van der Waals surface area contributed by atoms with Gasteiger partial charge >= 0.3 is 5.97 Å². The first-order chi connectivity index (χ1) is 13.0. The Labute approximate surface area is 162 Å². The Balaban J connectivity index is 1.75. The number of amides is 1. The van der Waals surface area contributed by atoms with Crippen molar-refractivity contribution in [2.45, 2.75) is 6.92 Å². The number of hydrogen-bond donors (Lipinski definition) is 1. The molecule has 0 aromatic heterocycles. The van der Waals surface area contributed by atoms with Crippen molar-refractivity contribution < 1.29 is 14.3 Å². The van der Waals surface area contributed by atoms with Gasteiger partial charge in [0.1, 0.15) is 0 Å². The van der Waals surface area contributed by atoms with E-state index in [1.807, 2.05) is 49.4 Å². The number of carbonyl (C=O) groups excluding carboxylic acids is 2. The van der Waals surface area contributed by atoms with E-state index in [1.165, 1.54) is 18.2 Å². The van der Waals surface area contributed by atoms with Gasteiger partial charge in [0.05, 0.1) is 22.0 Å². The van der Waals surface area contributed by atoms with Crippen molar-refractivity contribution in [2.75, 3.05) is 23.8 Å². The van der Waals surface area contributed by atoms with Gasteiger partial charge in [0, 0.05) is 11.9 Å². The molecule has 1 amide bonds. The van der Waals surface area contributed by atoms with Crippen molar-refractivity contribution >= 4 is 45.6 Å². The molecule has 0 aliphatic rings. The van der Waals surface area contributed by atoms with Crippen LogP contribution in [0.3, 0.4) is 0 Å². The number of carbonyl (C=O) groups is 2. The monoisotopic (exact) mass is 382 g/mol. The number of nitrogens with zero attached hydrogens (tertiary/aromatic N) is 1. The minimum Gasteiger partial charge on any atom is -0.452 e. The number of halogens is 1. The first-order valence-electron chi connectivity index (χ1n) is 8.51. The fraction of sp³-hybridized carbons (Fsp3) is 0.143. The van der Waals surface area contributed by atoms with Gasteiger partial charge in [-0.25, -0.2) is 4.79 Å². The van der Waals surface area contributed by atoms with Gasteiger partial charge in [0.25, 0.3) is 5.91 Å². The first kappa shape index (κ1) is 18.7. The molecule has 0 bridgehead atoms. The molecule has 0 saturated heterocycles. The van der Waals surface area contributed by atoms with Crippen molar-refractivity contribution in [1.29, 1.82) is 0 Å². The van der Waals surface area contributed by atoms with Crippen LogP contribution in [-0.4, -0.2) is 25.0 Å². The molecule has 0 radical (unpaired) electrons. The number of fused-ring (bicyclic) bond motifs is 1. The minimum absolute atomic E-state index is 0.248. The molecule has 0 unspecified atom stereocenters. The lowest BCUT2D eigenvalue weighted by atomic mass is 10.1. The van der Waals surface area contributed by atoms with E-state index in [2.05, 4.69) is 0 Å². The first-order valence-corrected chi connectivity index (χ1v) is 8.89. The molecule has 3 rings (SSSR count). The Morgan fingerprint density at radius 3 is 2.56 bits per heavy atom. The Morgan fingerprint density at radius 2 is 1.81 bits per heavy atom. The van der Waals surface area contributed by atoms with E-state index in [0.717, 1.165) is 16.5 Å². The number of likely N-dealkylation sites (N-methyl/N-ethyl adjacent to an activating group) is 1. The van der Waals surface area contributed by atoms with E-state index in [0.29, 0.717) is 11.6 Å². The predicted octanol–water partition coefficient (Wildman–Crippen LogP) is 4.29. The van der Waals surface area contributed by atoms with Crippen molar-refractivity contribution in [1.82, 2.24) is 0 Å². The summed E-state index contributed by atoms with van der Waals surface area (Å²) in [6.45, 7) is 1.97. The molecule has 0 fully saturated rings. The highest BCUT2D eigenvalue weighted by atomic mass is 35.5. The Morgan fingerprint density at radius 1 is 1.07 bits per heavy atom. The van der Waals surface area contributed by atoms with Gasteiger partial charge in [-0.2, -0.15) is 0 Å². The van der Waals surface area contributed by atoms with Crippen LogP contribution in [0.2, 0.25) is 5.02 Å². The lowest BCUT2D eigenvalue weighted by molar-refractivity contribution is -0.121. The van der Waals surface area contributed by atoms with Crippen LogP contribution in [0.5, 0.6) is 0 Å². The summed E-state index contributed by atoms with van der Waals surface area (Å²) in [6.07, 6.45) is 0. The summed E-state index contributed by atoms with van der Waals surface area (Å²) in [5, 5.41) is 2.36. The van der Waals surface area contributed by atoms with Crippen LogP contribution < -0.4 is 10.6 Å². The average Bonchev–Trinajstić information content (AvgIpc) is 2.69. The molecule has 0 aliphatic carbocycles. The molecule has 0 saturated carbocycles. The quantitative estimate of drug-likeness (QED) is 0.528. The van der Waals surface area contributed by atoms with E-state index in [9.17, 15) is 9.59 Å². The van der Waals surface area contributed by atoms with Gasteiger partial charge in [0.2, 0.25) is 0 Å². The topological polar surface area (TPSA) is 72.6 Å². The number of anilines is 2. The standard InChI is InChI=1S/C21H19ClN2O3/c1-2-24(19-9-5-7-14-6-3-4-8-16(14)19)20(25)13-27-21(26)15-10-11-17(22)18(23)12-15/h3-12H,2,13,23H2,1H3. The minimum atomic E-state index is -0.624. The molecule has 5 nitrogen and oxygen atoms in total. The fourth-order valence-corrected chi connectivity index (χ4v) is 3.00. The molecule has 3 aromatic rings. The molecule has 0 spiro atoms. The zero-order valence-corrected chi connectivity index (χ0v) is 15.6. The Kier molecular flexibility index (Phi) is 5.62. The summed E-state index contributed by atoms with van der Waals surface area (Å²) in [5.41, 5.74) is 7.01.